The Balaban J connectivity index is -0.000000720. The van der Waals surface area contributed by atoms with Gasteiger partial charge in [0.25, 0.3) is 0 Å². The van der Waals surface area contributed by atoms with Crippen molar-refractivity contribution >= 4 is 64.0 Å². The van der Waals surface area contributed by atoms with Crippen LogP contribution in [0.5, 0.6) is 0 Å². The van der Waals surface area contributed by atoms with E-state index in [9.17, 15) is 14.4 Å². The molecule has 2 N–H and O–H groups in total. The first kappa shape index (κ1) is 20.4. The van der Waals surface area contributed by atoms with Gasteiger partial charge in [0, 0.05) is 6.42 Å². The van der Waals surface area contributed by atoms with Crippen molar-refractivity contribution in [1.29, 1.82) is 0 Å². The normalized spacial score (nSPS) is 9.20. The van der Waals surface area contributed by atoms with Crippen LogP contribution in [-0.4, -0.2) is 79.8 Å². The van der Waals surface area contributed by atoms with E-state index in [0.29, 0.717) is 0 Å². The van der Waals surface area contributed by atoms with E-state index in [2.05, 4.69) is 4.74 Å². The number of carbonyl (C=O) groups excluding carboxylic acids is 1. The zero-order chi connectivity index (χ0) is 10.6. The summed E-state index contributed by atoms with van der Waals surface area (Å²) in [5, 5.41) is 17.0. The molecular formula is C7H14Mg2O6. The standard InChI is InChI=1S/C7H10O6.2Mg.4H/c1-3-4(8)13-7(2,5(9)10)6(11)12;;;;;;/h3H2,1-2H3,(H,9,10)(H,11,12);;;;;;. The molecule has 0 aromatic rings. The molecule has 0 amide bonds. The van der Waals surface area contributed by atoms with Gasteiger partial charge in [-0.3, -0.25) is 4.79 Å². The summed E-state index contributed by atoms with van der Waals surface area (Å²) in [5.74, 6) is -4.28. The average Bonchev–Trinajstić information content (AvgIpc) is 2.03. The molecule has 8 heteroatoms. The molecule has 15 heavy (non-hydrogen) atoms. The first-order chi connectivity index (χ1) is 5.84. The van der Waals surface area contributed by atoms with Gasteiger partial charge in [-0.05, 0) is 6.92 Å². The SMILES string of the molecule is CCC(=O)OC(C)(C(=O)O)C(=O)O.[MgH2].[MgH2]. The highest BCUT2D eigenvalue weighted by Gasteiger charge is 2.45. The molecule has 0 aromatic heterocycles. The summed E-state index contributed by atoms with van der Waals surface area (Å²) in [6.07, 6.45) is -0.0733. The molecule has 0 saturated carbocycles. The van der Waals surface area contributed by atoms with Crippen LogP contribution in [0.25, 0.3) is 0 Å². The van der Waals surface area contributed by atoms with Crippen molar-refractivity contribution in [3.63, 3.8) is 0 Å². The summed E-state index contributed by atoms with van der Waals surface area (Å²) >= 11 is 0. The van der Waals surface area contributed by atoms with Crippen LogP contribution in [0.1, 0.15) is 20.3 Å². The Labute approximate surface area is 119 Å². The minimum atomic E-state index is -2.49. The molecule has 82 valence electrons. The van der Waals surface area contributed by atoms with Crippen LogP contribution >= 0.6 is 0 Å². The number of carbonyl (C=O) groups is 3. The first-order valence-corrected chi connectivity index (χ1v) is 3.53. The van der Waals surface area contributed by atoms with E-state index >= 15 is 0 Å². The fraction of sp³-hybridized carbons (Fsp3) is 0.571. The largest absolute Gasteiger partial charge is 0.478 e. The Hall–Kier alpha value is -0.0575. The first-order valence-electron chi connectivity index (χ1n) is 3.53. The van der Waals surface area contributed by atoms with Gasteiger partial charge in [0.1, 0.15) is 0 Å². The number of aliphatic carboxylic acids is 2. The van der Waals surface area contributed by atoms with Gasteiger partial charge >= 0.3 is 69.6 Å². The Morgan fingerprint density at radius 3 is 1.67 bits per heavy atom. The van der Waals surface area contributed by atoms with E-state index < -0.39 is 23.5 Å². The highest BCUT2D eigenvalue weighted by Crippen LogP contribution is 2.12. The third-order valence-electron chi connectivity index (χ3n) is 1.42. The summed E-state index contributed by atoms with van der Waals surface area (Å²) < 4.78 is 4.27. The molecule has 0 aromatic carbocycles. The van der Waals surface area contributed by atoms with Gasteiger partial charge in [0.15, 0.2) is 0 Å². The van der Waals surface area contributed by atoms with Crippen molar-refractivity contribution in [2.75, 3.05) is 0 Å². The monoisotopic (exact) mass is 242 g/mol. The van der Waals surface area contributed by atoms with E-state index in [4.69, 9.17) is 10.2 Å². The Morgan fingerprint density at radius 1 is 1.13 bits per heavy atom. The molecule has 0 aliphatic rings. The molecule has 0 aliphatic heterocycles. The second-order valence-corrected chi connectivity index (χ2v) is 2.47. The fourth-order valence-electron chi connectivity index (χ4n) is 0.479. The third-order valence-corrected chi connectivity index (χ3v) is 1.42. The maximum absolute atomic E-state index is 10.7. The van der Waals surface area contributed by atoms with Crippen molar-refractivity contribution < 1.29 is 29.3 Å². The molecule has 0 spiro atoms. The van der Waals surface area contributed by atoms with Gasteiger partial charge in [0.2, 0.25) is 0 Å². The molecule has 0 rings (SSSR count). The lowest BCUT2D eigenvalue weighted by Crippen LogP contribution is -2.47. The number of carboxylic acid groups (broad SMARTS) is 2. The van der Waals surface area contributed by atoms with Gasteiger partial charge in [0.05, 0.1) is 0 Å². The molecule has 0 aliphatic carbocycles. The molecular weight excluding hydrogens is 229 g/mol. The van der Waals surface area contributed by atoms with E-state index in [1.807, 2.05) is 0 Å². The number of hydrogen-bond donors (Lipinski definition) is 2. The number of carboxylic acids is 2. The molecule has 0 fully saturated rings. The van der Waals surface area contributed by atoms with E-state index in [0.717, 1.165) is 6.92 Å². The Kier molecular flexibility index (Phi) is 11.0. The van der Waals surface area contributed by atoms with Crippen molar-refractivity contribution in [2.45, 2.75) is 25.9 Å². The van der Waals surface area contributed by atoms with Crippen LogP contribution in [0.4, 0.5) is 0 Å². The fourth-order valence-corrected chi connectivity index (χ4v) is 0.479. The lowest BCUT2D eigenvalue weighted by Gasteiger charge is -2.19. The van der Waals surface area contributed by atoms with Crippen LogP contribution in [0.2, 0.25) is 0 Å². The van der Waals surface area contributed by atoms with Gasteiger partial charge in [-0.2, -0.15) is 0 Å². The second kappa shape index (κ2) is 8.14. The van der Waals surface area contributed by atoms with Crippen LogP contribution in [0.3, 0.4) is 0 Å². The molecule has 0 unspecified atom stereocenters. The second-order valence-electron chi connectivity index (χ2n) is 2.47. The molecule has 0 saturated heterocycles. The number of ether oxygens (including phenoxy) is 1. The minimum absolute atomic E-state index is 0. The Morgan fingerprint density at radius 2 is 1.47 bits per heavy atom. The van der Waals surface area contributed by atoms with Crippen molar-refractivity contribution in [3.05, 3.63) is 0 Å². The molecule has 6 nitrogen and oxygen atoms in total. The quantitative estimate of drug-likeness (QED) is 0.337. The van der Waals surface area contributed by atoms with Crippen molar-refractivity contribution in [3.8, 4) is 0 Å². The van der Waals surface area contributed by atoms with E-state index in [-0.39, 0.29) is 52.5 Å². The maximum atomic E-state index is 10.7. The highest BCUT2D eigenvalue weighted by atomic mass is 24.3. The number of esters is 1. The van der Waals surface area contributed by atoms with Crippen molar-refractivity contribution in [2.24, 2.45) is 0 Å². The van der Waals surface area contributed by atoms with E-state index in [1.54, 1.807) is 0 Å². The van der Waals surface area contributed by atoms with Crippen molar-refractivity contribution in [1.82, 2.24) is 0 Å². The summed E-state index contributed by atoms with van der Waals surface area (Å²) in [7, 11) is 0. The highest BCUT2D eigenvalue weighted by molar-refractivity contribution is 6.03. The predicted molar refractivity (Wildman–Crippen MR) is 57.1 cm³/mol. The number of rotatable bonds is 4. The van der Waals surface area contributed by atoms with Gasteiger partial charge < -0.3 is 14.9 Å². The average molecular weight is 243 g/mol. The summed E-state index contributed by atoms with van der Waals surface area (Å²) in [4.78, 5) is 31.6. The van der Waals surface area contributed by atoms with Crippen LogP contribution in [-0.2, 0) is 19.1 Å². The summed E-state index contributed by atoms with van der Waals surface area (Å²) in [5.41, 5.74) is -2.49. The van der Waals surface area contributed by atoms with Gasteiger partial charge in [-0.15, -0.1) is 0 Å². The van der Waals surface area contributed by atoms with Crippen LogP contribution < -0.4 is 0 Å². The third kappa shape index (κ3) is 5.54. The molecule has 0 radical (unpaired) electrons. The van der Waals surface area contributed by atoms with Gasteiger partial charge in [-0.25, -0.2) is 9.59 Å². The minimum Gasteiger partial charge on any atom is -0.478 e. The maximum Gasteiger partial charge on any atom is 0.359 e. The number of hydrogen-bond acceptors (Lipinski definition) is 4. The van der Waals surface area contributed by atoms with E-state index in [1.165, 1.54) is 6.92 Å². The van der Waals surface area contributed by atoms with Crippen LogP contribution in [0.15, 0.2) is 0 Å². The smallest absolute Gasteiger partial charge is 0.359 e. The summed E-state index contributed by atoms with van der Waals surface area (Å²) in [6, 6.07) is 0. The zero-order valence-corrected chi connectivity index (χ0v) is 7.23. The topological polar surface area (TPSA) is 101 Å². The Bertz CT molecular complexity index is 238. The van der Waals surface area contributed by atoms with Gasteiger partial charge in [-0.1, -0.05) is 6.92 Å². The van der Waals surface area contributed by atoms with Crippen LogP contribution in [0, 0.1) is 0 Å². The molecule has 0 atom stereocenters. The molecule has 0 heterocycles. The zero-order valence-electron chi connectivity index (χ0n) is 7.23. The lowest BCUT2D eigenvalue weighted by atomic mass is 10.1. The predicted octanol–water partition coefficient (Wildman–Crippen LogP) is -1.96. The lowest BCUT2D eigenvalue weighted by molar-refractivity contribution is -0.188. The summed E-state index contributed by atoms with van der Waals surface area (Å²) in [6.45, 7) is 2.25. The molecule has 0 bridgehead atoms.